The number of morpholine rings is 1. The van der Waals surface area contributed by atoms with E-state index in [9.17, 15) is 4.79 Å². The lowest BCUT2D eigenvalue weighted by atomic mass is 10.2. The summed E-state index contributed by atoms with van der Waals surface area (Å²) in [5.41, 5.74) is 1.30. The van der Waals surface area contributed by atoms with Gasteiger partial charge >= 0.3 is 0 Å². The Bertz CT molecular complexity index is 647. The molecule has 1 saturated heterocycles. The molecule has 0 N–H and O–H groups in total. The first kappa shape index (κ1) is 13.0. The quantitative estimate of drug-likeness (QED) is 0.796. The molecule has 1 aromatic carbocycles. The summed E-state index contributed by atoms with van der Waals surface area (Å²) >= 11 is 3.31. The maximum Gasteiger partial charge on any atom is 0.189 e. The fraction of sp³-hybridized carbons (Fsp3) is 0.357. The second-order valence-corrected chi connectivity index (χ2v) is 6.60. The van der Waals surface area contributed by atoms with Crippen LogP contribution in [0.4, 0.5) is 5.69 Å². The molecule has 1 aliphatic heterocycles. The Labute approximate surface area is 120 Å². The number of thioether (sulfide) groups is 1. The topological polar surface area (TPSA) is 29.5 Å². The smallest absolute Gasteiger partial charge is 0.189 e. The Morgan fingerprint density at radius 2 is 2.05 bits per heavy atom. The molecule has 0 atom stereocenters. The monoisotopic (exact) mass is 293 g/mol. The van der Waals surface area contributed by atoms with Crippen LogP contribution < -0.4 is 10.3 Å². The lowest BCUT2D eigenvalue weighted by Crippen LogP contribution is -2.36. The third-order valence-electron chi connectivity index (χ3n) is 3.27. The van der Waals surface area contributed by atoms with Gasteiger partial charge in [0.2, 0.25) is 0 Å². The van der Waals surface area contributed by atoms with Gasteiger partial charge in [0, 0.05) is 34.9 Å². The van der Waals surface area contributed by atoms with Gasteiger partial charge in [-0.15, -0.1) is 23.1 Å². The van der Waals surface area contributed by atoms with Crippen LogP contribution >= 0.6 is 23.1 Å². The Balaban J connectivity index is 2.06. The Morgan fingerprint density at radius 1 is 1.26 bits per heavy atom. The minimum atomic E-state index is 0.117. The van der Waals surface area contributed by atoms with Gasteiger partial charge in [-0.3, -0.25) is 4.79 Å². The number of rotatable bonds is 2. The van der Waals surface area contributed by atoms with Crippen molar-refractivity contribution >= 4 is 38.9 Å². The first-order valence-electron chi connectivity index (χ1n) is 6.22. The molecule has 19 heavy (non-hydrogen) atoms. The highest BCUT2D eigenvalue weighted by Crippen LogP contribution is 2.29. The third-order valence-corrected chi connectivity index (χ3v) is 5.41. The summed E-state index contributed by atoms with van der Waals surface area (Å²) in [6.07, 6.45) is 2.00. The first-order chi connectivity index (χ1) is 9.28. The van der Waals surface area contributed by atoms with Crippen molar-refractivity contribution in [3.63, 3.8) is 0 Å². The number of ether oxygens (including phenoxy) is 1. The summed E-state index contributed by atoms with van der Waals surface area (Å²) in [5.74, 6) is 0. The number of nitrogens with zero attached hydrogens (tertiary/aromatic N) is 1. The van der Waals surface area contributed by atoms with Crippen molar-refractivity contribution in [2.24, 2.45) is 0 Å². The maximum absolute atomic E-state index is 12.0. The molecule has 0 spiro atoms. The molecule has 5 heteroatoms. The van der Waals surface area contributed by atoms with Crippen LogP contribution in [0.3, 0.4) is 0 Å². The SMILES string of the molecule is CSc1cc(=O)c2ccc(N3CCOCC3)cc2s1. The van der Waals surface area contributed by atoms with Crippen LogP contribution in [0.25, 0.3) is 10.1 Å². The molecule has 1 aromatic heterocycles. The summed E-state index contributed by atoms with van der Waals surface area (Å²) in [5, 5.41) is 0.819. The third kappa shape index (κ3) is 2.63. The van der Waals surface area contributed by atoms with Gasteiger partial charge < -0.3 is 9.64 Å². The van der Waals surface area contributed by atoms with Gasteiger partial charge in [0.15, 0.2) is 5.43 Å². The molecule has 100 valence electrons. The predicted molar refractivity (Wildman–Crippen MR) is 82.9 cm³/mol. The minimum Gasteiger partial charge on any atom is -0.378 e. The highest BCUT2D eigenvalue weighted by Gasteiger charge is 2.12. The van der Waals surface area contributed by atoms with E-state index in [1.165, 1.54) is 5.69 Å². The van der Waals surface area contributed by atoms with E-state index < -0.39 is 0 Å². The molecule has 0 unspecified atom stereocenters. The number of hydrogen-bond acceptors (Lipinski definition) is 5. The van der Waals surface area contributed by atoms with Crippen molar-refractivity contribution in [2.45, 2.75) is 4.21 Å². The number of benzene rings is 1. The predicted octanol–water partition coefficient (Wildman–Crippen LogP) is 2.82. The molecule has 0 aliphatic carbocycles. The summed E-state index contributed by atoms with van der Waals surface area (Å²) in [7, 11) is 0. The average molecular weight is 293 g/mol. The summed E-state index contributed by atoms with van der Waals surface area (Å²) in [6.45, 7) is 3.39. The van der Waals surface area contributed by atoms with Crippen LogP contribution in [-0.2, 0) is 4.74 Å². The molecule has 3 nitrogen and oxygen atoms in total. The fourth-order valence-corrected chi connectivity index (χ4v) is 3.91. The first-order valence-corrected chi connectivity index (χ1v) is 8.26. The molecule has 3 rings (SSSR count). The van der Waals surface area contributed by atoms with Crippen molar-refractivity contribution in [2.75, 3.05) is 37.5 Å². The molecular weight excluding hydrogens is 278 g/mol. The van der Waals surface area contributed by atoms with Crippen LogP contribution in [0.1, 0.15) is 0 Å². The minimum absolute atomic E-state index is 0.117. The van der Waals surface area contributed by atoms with E-state index in [2.05, 4.69) is 11.0 Å². The van der Waals surface area contributed by atoms with Gasteiger partial charge in [0.1, 0.15) is 0 Å². The van der Waals surface area contributed by atoms with Gasteiger partial charge in [-0.05, 0) is 24.5 Å². The lowest BCUT2D eigenvalue weighted by Gasteiger charge is -2.28. The number of fused-ring (bicyclic) bond motifs is 1. The van der Waals surface area contributed by atoms with Crippen molar-refractivity contribution in [1.82, 2.24) is 0 Å². The summed E-state index contributed by atoms with van der Waals surface area (Å²) in [4.78, 5) is 14.3. The van der Waals surface area contributed by atoms with Gasteiger partial charge in [-0.25, -0.2) is 0 Å². The van der Waals surface area contributed by atoms with Crippen LogP contribution in [-0.4, -0.2) is 32.6 Å². The van der Waals surface area contributed by atoms with Crippen molar-refractivity contribution in [3.05, 3.63) is 34.5 Å². The van der Waals surface area contributed by atoms with Gasteiger partial charge in [-0.2, -0.15) is 0 Å². The zero-order valence-corrected chi connectivity index (χ0v) is 12.4. The average Bonchev–Trinajstić information content (AvgIpc) is 2.47. The Kier molecular flexibility index (Phi) is 3.77. The fourth-order valence-electron chi connectivity index (χ4n) is 2.24. The highest BCUT2D eigenvalue weighted by atomic mass is 32.2. The van der Waals surface area contributed by atoms with E-state index in [4.69, 9.17) is 4.74 Å². The van der Waals surface area contributed by atoms with Gasteiger partial charge in [-0.1, -0.05) is 0 Å². The van der Waals surface area contributed by atoms with Crippen molar-refractivity contribution in [1.29, 1.82) is 0 Å². The van der Waals surface area contributed by atoms with E-state index >= 15 is 0 Å². The zero-order valence-electron chi connectivity index (χ0n) is 10.7. The molecule has 0 bridgehead atoms. The molecule has 0 amide bonds. The van der Waals surface area contributed by atoms with Gasteiger partial charge in [0.05, 0.1) is 17.4 Å². The molecule has 1 aliphatic rings. The highest BCUT2D eigenvalue weighted by molar-refractivity contribution is 8.00. The lowest BCUT2D eigenvalue weighted by molar-refractivity contribution is 0.122. The largest absolute Gasteiger partial charge is 0.378 e. The van der Waals surface area contributed by atoms with E-state index in [0.717, 1.165) is 40.6 Å². The van der Waals surface area contributed by atoms with Crippen LogP contribution in [0.2, 0.25) is 0 Å². The van der Waals surface area contributed by atoms with Gasteiger partial charge in [0.25, 0.3) is 0 Å². The van der Waals surface area contributed by atoms with E-state index in [1.54, 1.807) is 29.2 Å². The Hall–Kier alpha value is -1.04. The summed E-state index contributed by atoms with van der Waals surface area (Å²) < 4.78 is 7.51. The summed E-state index contributed by atoms with van der Waals surface area (Å²) in [6, 6.07) is 7.85. The molecule has 0 saturated carbocycles. The second kappa shape index (κ2) is 5.53. The standard InChI is InChI=1S/C14H15NO2S2/c1-18-14-9-12(16)11-3-2-10(8-13(11)19-14)15-4-6-17-7-5-15/h2-3,8-9H,4-7H2,1H3. The van der Waals surface area contributed by atoms with Crippen molar-refractivity contribution < 1.29 is 4.74 Å². The van der Waals surface area contributed by atoms with E-state index in [0.29, 0.717) is 0 Å². The molecule has 1 fully saturated rings. The van der Waals surface area contributed by atoms with E-state index in [-0.39, 0.29) is 5.43 Å². The second-order valence-electron chi connectivity index (χ2n) is 4.41. The van der Waals surface area contributed by atoms with Crippen molar-refractivity contribution in [3.8, 4) is 0 Å². The molecule has 2 heterocycles. The van der Waals surface area contributed by atoms with Crippen LogP contribution in [0.5, 0.6) is 0 Å². The van der Waals surface area contributed by atoms with E-state index in [1.807, 2.05) is 18.4 Å². The molecular formula is C14H15NO2S2. The van der Waals surface area contributed by atoms with Crippen LogP contribution in [0.15, 0.2) is 33.3 Å². The van der Waals surface area contributed by atoms with Crippen LogP contribution in [0, 0.1) is 0 Å². The number of hydrogen-bond donors (Lipinski definition) is 0. The number of anilines is 1. The maximum atomic E-state index is 12.0. The zero-order chi connectivity index (χ0) is 13.2. The molecule has 0 radical (unpaired) electrons. The molecule has 2 aromatic rings. The Morgan fingerprint density at radius 3 is 2.79 bits per heavy atom. The normalized spacial score (nSPS) is 15.9.